The van der Waals surface area contributed by atoms with E-state index in [1.807, 2.05) is 0 Å². The summed E-state index contributed by atoms with van der Waals surface area (Å²) in [7, 11) is 0. The number of rotatable bonds is 2. The van der Waals surface area contributed by atoms with E-state index < -0.39 is 0 Å². The van der Waals surface area contributed by atoms with Gasteiger partial charge in [0, 0.05) is 30.2 Å². The Balaban J connectivity index is 1.97. The maximum Gasteiger partial charge on any atom is 0.0678 e. The Labute approximate surface area is 104 Å². The molecule has 1 atom stereocenters. The van der Waals surface area contributed by atoms with Crippen molar-refractivity contribution in [2.24, 2.45) is 5.73 Å². The fourth-order valence-corrected chi connectivity index (χ4v) is 2.30. The molecule has 2 rings (SSSR count). The number of H-pyrrole nitrogens is 1. The van der Waals surface area contributed by atoms with Gasteiger partial charge in [0.1, 0.15) is 0 Å². The van der Waals surface area contributed by atoms with Crippen LogP contribution in [-0.4, -0.2) is 34.2 Å². The van der Waals surface area contributed by atoms with E-state index in [1.54, 1.807) is 0 Å². The average Bonchev–Trinajstić information content (AvgIpc) is 2.65. The predicted octanol–water partition coefficient (Wildman–Crippen LogP) is 1.63. The second-order valence-corrected chi connectivity index (χ2v) is 6.17. The van der Waals surface area contributed by atoms with Crippen LogP contribution in [0.3, 0.4) is 0 Å². The Kier molecular flexibility index (Phi) is 3.54. The first-order chi connectivity index (χ1) is 7.95. The minimum Gasteiger partial charge on any atom is -0.327 e. The van der Waals surface area contributed by atoms with Gasteiger partial charge in [-0.2, -0.15) is 5.10 Å². The minimum atomic E-state index is 0.118. The minimum absolute atomic E-state index is 0.118. The molecule has 2 heterocycles. The normalized spacial score (nSPS) is 22.9. The molecule has 0 unspecified atom stereocenters. The third kappa shape index (κ3) is 3.30. The summed E-state index contributed by atoms with van der Waals surface area (Å²) in [5.41, 5.74) is 8.44. The van der Waals surface area contributed by atoms with Crippen molar-refractivity contribution in [2.75, 3.05) is 13.1 Å². The molecule has 4 nitrogen and oxygen atoms in total. The molecule has 1 aromatic heterocycles. The lowest BCUT2D eigenvalue weighted by Crippen LogP contribution is -2.42. The van der Waals surface area contributed by atoms with E-state index in [0.717, 1.165) is 31.7 Å². The van der Waals surface area contributed by atoms with Crippen LogP contribution in [0.15, 0.2) is 6.07 Å². The van der Waals surface area contributed by atoms with Gasteiger partial charge in [-0.05, 0) is 25.5 Å². The Hall–Kier alpha value is -0.870. The molecule has 0 amide bonds. The van der Waals surface area contributed by atoms with E-state index in [9.17, 15) is 0 Å². The number of hydrogen-bond acceptors (Lipinski definition) is 3. The zero-order valence-electron chi connectivity index (χ0n) is 11.2. The molecule has 0 saturated carbocycles. The highest BCUT2D eigenvalue weighted by atomic mass is 15.2. The lowest BCUT2D eigenvalue weighted by Gasteiger charge is -2.30. The summed E-state index contributed by atoms with van der Waals surface area (Å²) in [6.45, 7) is 9.65. The van der Waals surface area contributed by atoms with Crippen molar-refractivity contribution in [1.29, 1.82) is 0 Å². The number of aromatic amines is 1. The number of nitrogens with one attached hydrogen (secondary N) is 1. The maximum atomic E-state index is 5.99. The summed E-state index contributed by atoms with van der Waals surface area (Å²) in [6, 6.07) is 2.52. The molecule has 96 valence electrons. The van der Waals surface area contributed by atoms with E-state index in [-0.39, 0.29) is 5.41 Å². The van der Waals surface area contributed by atoms with Gasteiger partial charge >= 0.3 is 0 Å². The molecule has 4 heteroatoms. The summed E-state index contributed by atoms with van der Waals surface area (Å²) < 4.78 is 0. The van der Waals surface area contributed by atoms with Crippen LogP contribution in [0.25, 0.3) is 0 Å². The van der Waals surface area contributed by atoms with Gasteiger partial charge in [0.05, 0.1) is 5.69 Å². The third-order valence-electron chi connectivity index (χ3n) is 3.34. The molecule has 1 aliphatic rings. The van der Waals surface area contributed by atoms with Gasteiger partial charge in [-0.1, -0.05) is 20.8 Å². The van der Waals surface area contributed by atoms with Crippen molar-refractivity contribution in [3.63, 3.8) is 0 Å². The van der Waals surface area contributed by atoms with Crippen LogP contribution in [0.5, 0.6) is 0 Å². The van der Waals surface area contributed by atoms with Gasteiger partial charge in [0.15, 0.2) is 0 Å². The zero-order chi connectivity index (χ0) is 12.5. The molecule has 0 aliphatic carbocycles. The first kappa shape index (κ1) is 12.6. The largest absolute Gasteiger partial charge is 0.327 e. The molecule has 3 N–H and O–H groups in total. The van der Waals surface area contributed by atoms with E-state index in [1.165, 1.54) is 12.1 Å². The standard InChI is InChI=1S/C13H24N4/c1-13(2,3)12-7-11(15-16-12)9-17-6-4-5-10(14)8-17/h7,10H,4-6,8-9,14H2,1-3H3,(H,15,16)/t10-/m0/s1. The van der Waals surface area contributed by atoms with Crippen molar-refractivity contribution in [3.05, 3.63) is 17.5 Å². The van der Waals surface area contributed by atoms with Gasteiger partial charge in [0.2, 0.25) is 0 Å². The monoisotopic (exact) mass is 236 g/mol. The SMILES string of the molecule is CC(C)(C)c1cc(CN2CCC[C@H](N)C2)[nH]n1. The summed E-state index contributed by atoms with van der Waals surface area (Å²) in [5, 5.41) is 7.53. The highest BCUT2D eigenvalue weighted by Crippen LogP contribution is 2.21. The van der Waals surface area contributed by atoms with Crippen molar-refractivity contribution in [1.82, 2.24) is 15.1 Å². The van der Waals surface area contributed by atoms with Gasteiger partial charge in [0.25, 0.3) is 0 Å². The Morgan fingerprint density at radius 2 is 2.29 bits per heavy atom. The Bertz CT molecular complexity index is 364. The van der Waals surface area contributed by atoms with Crippen molar-refractivity contribution in [3.8, 4) is 0 Å². The quantitative estimate of drug-likeness (QED) is 0.820. The first-order valence-electron chi connectivity index (χ1n) is 6.48. The molecule has 1 saturated heterocycles. The molecule has 1 fully saturated rings. The van der Waals surface area contributed by atoms with Crippen LogP contribution < -0.4 is 5.73 Å². The number of aromatic nitrogens is 2. The molecule has 17 heavy (non-hydrogen) atoms. The summed E-state index contributed by atoms with van der Waals surface area (Å²) in [6.07, 6.45) is 2.37. The molecule has 0 bridgehead atoms. The topological polar surface area (TPSA) is 57.9 Å². The summed E-state index contributed by atoms with van der Waals surface area (Å²) >= 11 is 0. The van der Waals surface area contributed by atoms with Gasteiger partial charge in [-0.25, -0.2) is 0 Å². The molecular formula is C13H24N4. The van der Waals surface area contributed by atoms with Crippen molar-refractivity contribution < 1.29 is 0 Å². The molecule has 1 aromatic rings. The molecule has 0 spiro atoms. The highest BCUT2D eigenvalue weighted by Gasteiger charge is 2.20. The fraction of sp³-hybridized carbons (Fsp3) is 0.769. The van der Waals surface area contributed by atoms with Gasteiger partial charge < -0.3 is 5.73 Å². The Morgan fingerprint density at radius 1 is 1.53 bits per heavy atom. The van der Waals surface area contributed by atoms with Crippen molar-refractivity contribution in [2.45, 2.75) is 51.6 Å². The van der Waals surface area contributed by atoms with E-state index in [2.05, 4.69) is 41.9 Å². The zero-order valence-corrected chi connectivity index (χ0v) is 11.2. The van der Waals surface area contributed by atoms with Crippen LogP contribution in [0.1, 0.15) is 45.0 Å². The van der Waals surface area contributed by atoms with E-state index in [0.29, 0.717) is 6.04 Å². The summed E-state index contributed by atoms with van der Waals surface area (Å²) in [5.74, 6) is 0. The first-order valence-corrected chi connectivity index (χ1v) is 6.48. The smallest absolute Gasteiger partial charge is 0.0678 e. The maximum absolute atomic E-state index is 5.99. The lowest BCUT2D eigenvalue weighted by atomic mass is 9.92. The van der Waals surface area contributed by atoms with Gasteiger partial charge in [-0.3, -0.25) is 10.00 Å². The van der Waals surface area contributed by atoms with E-state index >= 15 is 0 Å². The molecule has 0 aromatic carbocycles. The number of likely N-dealkylation sites (tertiary alicyclic amines) is 1. The fourth-order valence-electron chi connectivity index (χ4n) is 2.30. The van der Waals surface area contributed by atoms with Gasteiger partial charge in [-0.15, -0.1) is 0 Å². The van der Waals surface area contributed by atoms with Crippen LogP contribution in [0.4, 0.5) is 0 Å². The van der Waals surface area contributed by atoms with Crippen LogP contribution in [0.2, 0.25) is 0 Å². The second kappa shape index (κ2) is 4.78. The predicted molar refractivity (Wildman–Crippen MR) is 69.8 cm³/mol. The highest BCUT2D eigenvalue weighted by molar-refractivity contribution is 5.16. The van der Waals surface area contributed by atoms with Crippen molar-refractivity contribution >= 4 is 0 Å². The number of hydrogen-bond donors (Lipinski definition) is 2. The van der Waals surface area contributed by atoms with Crippen LogP contribution in [0, 0.1) is 0 Å². The number of nitrogens with zero attached hydrogens (tertiary/aromatic N) is 2. The molecule has 1 aliphatic heterocycles. The summed E-state index contributed by atoms with van der Waals surface area (Å²) in [4.78, 5) is 2.41. The number of nitrogens with two attached hydrogens (primary N) is 1. The molecule has 0 radical (unpaired) electrons. The third-order valence-corrected chi connectivity index (χ3v) is 3.34. The average molecular weight is 236 g/mol. The van der Waals surface area contributed by atoms with Crippen LogP contribution >= 0.6 is 0 Å². The number of piperidine rings is 1. The molecular weight excluding hydrogens is 212 g/mol. The van der Waals surface area contributed by atoms with Crippen LogP contribution in [-0.2, 0) is 12.0 Å². The van der Waals surface area contributed by atoms with E-state index in [4.69, 9.17) is 5.73 Å². The Morgan fingerprint density at radius 3 is 2.88 bits per heavy atom. The second-order valence-electron chi connectivity index (χ2n) is 6.17. The lowest BCUT2D eigenvalue weighted by molar-refractivity contribution is 0.199.